The number of ketones is 1. The summed E-state index contributed by atoms with van der Waals surface area (Å²) in [4.78, 5) is 38.5. The molecule has 130 valence electrons. The van der Waals surface area contributed by atoms with Crippen molar-refractivity contribution in [2.24, 2.45) is 0 Å². The molecule has 1 saturated heterocycles. The summed E-state index contributed by atoms with van der Waals surface area (Å²) < 4.78 is 13.5. The highest BCUT2D eigenvalue weighted by Crippen LogP contribution is 2.25. The number of benzene rings is 1. The van der Waals surface area contributed by atoms with E-state index in [9.17, 15) is 18.8 Å². The Bertz CT molecular complexity index is 833. The van der Waals surface area contributed by atoms with Crippen LogP contribution < -0.4 is 5.32 Å². The van der Waals surface area contributed by atoms with Crippen molar-refractivity contribution >= 4 is 28.9 Å². The van der Waals surface area contributed by atoms with Crippen LogP contribution in [-0.2, 0) is 16.0 Å². The molecule has 25 heavy (non-hydrogen) atoms. The van der Waals surface area contributed by atoms with E-state index in [2.05, 4.69) is 5.32 Å². The number of rotatable bonds is 4. The number of piperazine rings is 1. The summed E-state index contributed by atoms with van der Waals surface area (Å²) in [5.41, 5.74) is 1.18. The predicted molar refractivity (Wildman–Crippen MR) is 91.9 cm³/mol. The van der Waals surface area contributed by atoms with Crippen LogP contribution >= 0.6 is 11.3 Å². The molecule has 1 aromatic carbocycles. The Morgan fingerprint density at radius 1 is 1.36 bits per heavy atom. The van der Waals surface area contributed by atoms with E-state index in [4.69, 9.17) is 0 Å². The summed E-state index contributed by atoms with van der Waals surface area (Å²) in [7, 11) is 0. The molecule has 2 amide bonds. The van der Waals surface area contributed by atoms with Gasteiger partial charge in [0.2, 0.25) is 11.8 Å². The van der Waals surface area contributed by atoms with Crippen LogP contribution in [0.3, 0.4) is 0 Å². The summed E-state index contributed by atoms with van der Waals surface area (Å²) in [5.74, 6) is -1.04. The highest BCUT2D eigenvalue weighted by Gasteiger charge is 2.34. The van der Waals surface area contributed by atoms with E-state index >= 15 is 0 Å². The Balaban J connectivity index is 1.83. The Hall–Kier alpha value is -2.54. The highest BCUT2D eigenvalue weighted by molar-refractivity contribution is 7.12. The van der Waals surface area contributed by atoms with E-state index < -0.39 is 11.9 Å². The van der Waals surface area contributed by atoms with Gasteiger partial charge < -0.3 is 10.2 Å². The number of thiophene rings is 1. The van der Waals surface area contributed by atoms with Gasteiger partial charge in [-0.25, -0.2) is 4.39 Å². The van der Waals surface area contributed by atoms with Gasteiger partial charge in [-0.15, -0.1) is 11.3 Å². The van der Waals surface area contributed by atoms with Crippen LogP contribution in [0.1, 0.15) is 33.8 Å². The lowest BCUT2D eigenvalue weighted by Gasteiger charge is -2.35. The van der Waals surface area contributed by atoms with Gasteiger partial charge in [0.25, 0.3) is 0 Å². The molecule has 2 heterocycles. The highest BCUT2D eigenvalue weighted by atomic mass is 32.1. The molecule has 0 bridgehead atoms. The van der Waals surface area contributed by atoms with E-state index in [0.29, 0.717) is 23.5 Å². The molecule has 3 rings (SSSR count). The monoisotopic (exact) mass is 360 g/mol. The number of amides is 2. The predicted octanol–water partition coefficient (Wildman–Crippen LogP) is 2.33. The minimum Gasteiger partial charge on any atom is -0.352 e. The van der Waals surface area contributed by atoms with Crippen molar-refractivity contribution in [1.29, 1.82) is 0 Å². The third kappa shape index (κ3) is 3.76. The molecule has 1 N–H and O–H groups in total. The Morgan fingerprint density at radius 3 is 2.84 bits per heavy atom. The maximum atomic E-state index is 13.5. The lowest BCUT2D eigenvalue weighted by Crippen LogP contribution is -2.52. The van der Waals surface area contributed by atoms with E-state index in [1.807, 2.05) is 0 Å². The third-order valence-corrected chi connectivity index (χ3v) is 5.13. The molecule has 0 aliphatic carbocycles. The molecule has 0 spiro atoms. The molecule has 1 atom stereocenters. The molecule has 0 unspecified atom stereocenters. The molecule has 7 heteroatoms. The first-order valence-electron chi connectivity index (χ1n) is 7.86. The number of halogens is 1. The average molecular weight is 360 g/mol. The lowest BCUT2D eigenvalue weighted by molar-refractivity contribution is -0.143. The van der Waals surface area contributed by atoms with Gasteiger partial charge in [0, 0.05) is 13.1 Å². The van der Waals surface area contributed by atoms with E-state index in [1.165, 1.54) is 41.4 Å². The van der Waals surface area contributed by atoms with Crippen molar-refractivity contribution in [2.75, 3.05) is 13.1 Å². The van der Waals surface area contributed by atoms with Crippen LogP contribution in [-0.4, -0.2) is 35.6 Å². The Labute approximate surface area is 148 Å². The first-order chi connectivity index (χ1) is 12.0. The maximum absolute atomic E-state index is 13.5. The number of Topliss-reactive ketones (excluding diaryl/α,β-unsaturated/α-hetero) is 1. The molecular weight excluding hydrogens is 343 g/mol. The topological polar surface area (TPSA) is 66.5 Å². The fourth-order valence-electron chi connectivity index (χ4n) is 2.87. The fraction of sp³-hybridized carbons (Fsp3) is 0.278. The maximum Gasteiger partial charge on any atom is 0.247 e. The van der Waals surface area contributed by atoms with E-state index in [1.54, 1.807) is 17.5 Å². The molecule has 0 saturated carbocycles. The second-order valence-corrected chi connectivity index (χ2v) is 6.80. The zero-order chi connectivity index (χ0) is 18.0. The van der Waals surface area contributed by atoms with Crippen molar-refractivity contribution in [3.63, 3.8) is 0 Å². The Kier molecular flexibility index (Phi) is 4.94. The normalized spacial score (nSPS) is 17.3. The minimum atomic E-state index is -0.845. The van der Waals surface area contributed by atoms with Crippen molar-refractivity contribution in [2.45, 2.75) is 19.4 Å². The second-order valence-electron chi connectivity index (χ2n) is 5.89. The van der Waals surface area contributed by atoms with E-state index in [-0.39, 0.29) is 24.0 Å². The quantitative estimate of drug-likeness (QED) is 0.851. The van der Waals surface area contributed by atoms with Gasteiger partial charge in [-0.1, -0.05) is 12.1 Å². The molecule has 1 aromatic heterocycles. The second kappa shape index (κ2) is 7.14. The standard InChI is InChI=1S/C18H17FN2O3S/c1-11(22)15-7-12(10-25-15)8-16(23)21-6-5-20-18(24)17(21)13-3-2-4-14(19)9-13/h2-4,7,9-10,17H,5-6,8H2,1H3,(H,20,24)/t17-/m0/s1. The summed E-state index contributed by atoms with van der Waals surface area (Å²) in [6.07, 6.45) is 0.100. The molecule has 5 nitrogen and oxygen atoms in total. The van der Waals surface area contributed by atoms with Crippen LogP contribution in [0.15, 0.2) is 35.7 Å². The van der Waals surface area contributed by atoms with Gasteiger partial charge in [0.05, 0.1) is 11.3 Å². The lowest BCUT2D eigenvalue weighted by atomic mass is 10.0. The van der Waals surface area contributed by atoms with Crippen LogP contribution in [0.25, 0.3) is 0 Å². The van der Waals surface area contributed by atoms with Gasteiger partial charge in [-0.2, -0.15) is 0 Å². The number of carbonyl (C=O) groups excluding carboxylic acids is 3. The van der Waals surface area contributed by atoms with Crippen LogP contribution in [0.2, 0.25) is 0 Å². The number of hydrogen-bond donors (Lipinski definition) is 1. The van der Waals surface area contributed by atoms with Crippen molar-refractivity contribution in [3.8, 4) is 0 Å². The number of nitrogens with zero attached hydrogens (tertiary/aromatic N) is 1. The summed E-state index contributed by atoms with van der Waals surface area (Å²) in [5, 5.41) is 4.49. The number of nitrogens with one attached hydrogen (secondary N) is 1. The SMILES string of the molecule is CC(=O)c1cc(CC(=O)N2CCNC(=O)[C@@H]2c2cccc(F)c2)cs1. The van der Waals surface area contributed by atoms with Crippen molar-refractivity contribution in [1.82, 2.24) is 10.2 Å². The van der Waals surface area contributed by atoms with E-state index in [0.717, 1.165) is 5.56 Å². The molecule has 0 radical (unpaired) electrons. The fourth-order valence-corrected chi connectivity index (χ4v) is 3.69. The zero-order valence-electron chi connectivity index (χ0n) is 13.6. The Morgan fingerprint density at radius 2 is 2.16 bits per heavy atom. The molecular formula is C18H17FN2O3S. The average Bonchev–Trinajstić information content (AvgIpc) is 3.03. The molecule has 1 aliphatic heterocycles. The first kappa shape index (κ1) is 17.3. The molecule has 2 aromatic rings. The number of carbonyl (C=O) groups is 3. The van der Waals surface area contributed by atoms with Crippen molar-refractivity contribution < 1.29 is 18.8 Å². The molecule has 1 fully saturated rings. The zero-order valence-corrected chi connectivity index (χ0v) is 14.4. The van der Waals surface area contributed by atoms with Gasteiger partial charge in [-0.3, -0.25) is 14.4 Å². The van der Waals surface area contributed by atoms with Gasteiger partial charge in [-0.05, 0) is 41.6 Å². The van der Waals surface area contributed by atoms with Gasteiger partial charge in [0.1, 0.15) is 11.9 Å². The first-order valence-corrected chi connectivity index (χ1v) is 8.74. The van der Waals surface area contributed by atoms with Crippen molar-refractivity contribution in [3.05, 3.63) is 57.5 Å². The van der Waals surface area contributed by atoms with Crippen LogP contribution in [0, 0.1) is 5.82 Å². The van der Waals surface area contributed by atoms with Gasteiger partial charge >= 0.3 is 0 Å². The minimum absolute atomic E-state index is 0.0429. The summed E-state index contributed by atoms with van der Waals surface area (Å²) in [6.45, 7) is 2.20. The molecule has 1 aliphatic rings. The smallest absolute Gasteiger partial charge is 0.247 e. The third-order valence-electron chi connectivity index (χ3n) is 4.05. The summed E-state index contributed by atoms with van der Waals surface area (Å²) in [6, 6.07) is 6.58. The van der Waals surface area contributed by atoms with Gasteiger partial charge in [0.15, 0.2) is 5.78 Å². The van der Waals surface area contributed by atoms with Crippen LogP contribution in [0.4, 0.5) is 4.39 Å². The number of hydrogen-bond acceptors (Lipinski definition) is 4. The van der Waals surface area contributed by atoms with Crippen LogP contribution in [0.5, 0.6) is 0 Å². The largest absolute Gasteiger partial charge is 0.352 e. The summed E-state index contributed by atoms with van der Waals surface area (Å²) >= 11 is 1.30.